The number of amides is 1. The Morgan fingerprint density at radius 1 is 1.25 bits per heavy atom. The van der Waals surface area contributed by atoms with Crippen molar-refractivity contribution in [1.82, 2.24) is 5.32 Å². The Hall–Kier alpha value is -2.61. The Bertz CT molecular complexity index is 699. The molecule has 2 rings (SSSR count). The second-order valence-electron chi connectivity index (χ2n) is 7.24. The van der Waals surface area contributed by atoms with Crippen molar-refractivity contribution in [1.29, 1.82) is 0 Å². The number of ketones is 1. The SMILES string of the molecule is CC(=O)C(Oc1cc(CCNC(=O)C2CCC(CN)CC2)ccc1O)C(=O)O. The van der Waals surface area contributed by atoms with Crippen molar-refractivity contribution in [2.75, 3.05) is 13.1 Å². The number of carbonyl (C=O) groups is 3. The van der Waals surface area contributed by atoms with Gasteiger partial charge in [-0.2, -0.15) is 0 Å². The first-order valence-electron chi connectivity index (χ1n) is 9.51. The summed E-state index contributed by atoms with van der Waals surface area (Å²) in [6, 6.07) is 4.51. The lowest BCUT2D eigenvalue weighted by Crippen LogP contribution is -2.35. The number of carboxylic acid groups (broad SMARTS) is 1. The maximum Gasteiger partial charge on any atom is 0.352 e. The number of nitrogens with two attached hydrogens (primary N) is 1. The largest absolute Gasteiger partial charge is 0.504 e. The molecule has 1 aliphatic rings. The van der Waals surface area contributed by atoms with Gasteiger partial charge < -0.3 is 26.0 Å². The molecule has 0 spiro atoms. The molecule has 8 nitrogen and oxygen atoms in total. The van der Waals surface area contributed by atoms with E-state index >= 15 is 0 Å². The third kappa shape index (κ3) is 5.95. The minimum absolute atomic E-state index is 0.0217. The lowest BCUT2D eigenvalue weighted by Gasteiger charge is -2.26. The highest BCUT2D eigenvalue weighted by molar-refractivity contribution is 6.00. The maximum absolute atomic E-state index is 12.3. The van der Waals surface area contributed by atoms with Crippen LogP contribution in [0.25, 0.3) is 0 Å². The first-order valence-corrected chi connectivity index (χ1v) is 9.51. The van der Waals surface area contributed by atoms with Crippen LogP contribution in [0.1, 0.15) is 38.2 Å². The quantitative estimate of drug-likeness (QED) is 0.464. The summed E-state index contributed by atoms with van der Waals surface area (Å²) in [5.41, 5.74) is 6.42. The Kier molecular flexibility index (Phi) is 7.80. The average molecular weight is 392 g/mol. The number of hydrogen-bond acceptors (Lipinski definition) is 6. The molecule has 1 fully saturated rings. The number of rotatable bonds is 9. The first-order chi connectivity index (χ1) is 13.3. The molecule has 28 heavy (non-hydrogen) atoms. The summed E-state index contributed by atoms with van der Waals surface area (Å²) in [6.45, 7) is 2.19. The molecule has 1 amide bonds. The summed E-state index contributed by atoms with van der Waals surface area (Å²) in [7, 11) is 0. The highest BCUT2D eigenvalue weighted by Crippen LogP contribution is 2.29. The number of hydrogen-bond donors (Lipinski definition) is 4. The van der Waals surface area contributed by atoms with Crippen LogP contribution < -0.4 is 15.8 Å². The molecular formula is C20H28N2O6. The first kappa shape index (κ1) is 21.7. The number of phenolic OH excluding ortho intramolecular Hbond substituents is 1. The summed E-state index contributed by atoms with van der Waals surface area (Å²) in [6.07, 6.45) is 2.48. The molecule has 0 aromatic heterocycles. The van der Waals surface area contributed by atoms with Crippen molar-refractivity contribution in [2.45, 2.75) is 45.1 Å². The smallest absolute Gasteiger partial charge is 0.352 e. The van der Waals surface area contributed by atoms with Crippen LogP contribution in [0.4, 0.5) is 0 Å². The van der Waals surface area contributed by atoms with E-state index in [-0.39, 0.29) is 23.3 Å². The molecular weight excluding hydrogens is 364 g/mol. The second-order valence-corrected chi connectivity index (χ2v) is 7.24. The van der Waals surface area contributed by atoms with Gasteiger partial charge in [0.2, 0.25) is 5.91 Å². The lowest BCUT2D eigenvalue weighted by molar-refractivity contribution is -0.149. The van der Waals surface area contributed by atoms with Gasteiger partial charge in [-0.25, -0.2) is 4.79 Å². The molecule has 0 radical (unpaired) electrons. The van der Waals surface area contributed by atoms with Crippen LogP contribution >= 0.6 is 0 Å². The predicted molar refractivity (Wildman–Crippen MR) is 102 cm³/mol. The summed E-state index contributed by atoms with van der Waals surface area (Å²) in [5, 5.41) is 21.8. The Morgan fingerprint density at radius 3 is 2.50 bits per heavy atom. The summed E-state index contributed by atoms with van der Waals surface area (Å²) in [5.74, 6) is -1.85. The Labute approximate surface area is 164 Å². The average Bonchev–Trinajstić information content (AvgIpc) is 2.67. The van der Waals surface area contributed by atoms with Crippen LogP contribution in [0.5, 0.6) is 11.5 Å². The number of aliphatic carboxylic acids is 1. The lowest BCUT2D eigenvalue weighted by atomic mass is 9.81. The molecule has 1 saturated carbocycles. The van der Waals surface area contributed by atoms with Crippen molar-refractivity contribution in [3.63, 3.8) is 0 Å². The van der Waals surface area contributed by atoms with E-state index in [0.717, 1.165) is 38.2 Å². The highest BCUT2D eigenvalue weighted by Gasteiger charge is 2.26. The van der Waals surface area contributed by atoms with Gasteiger partial charge in [-0.05, 0) is 69.2 Å². The van der Waals surface area contributed by atoms with E-state index in [2.05, 4.69) is 5.32 Å². The number of ether oxygens (including phenoxy) is 1. The van der Waals surface area contributed by atoms with Gasteiger partial charge in [-0.15, -0.1) is 0 Å². The predicted octanol–water partition coefficient (Wildman–Crippen LogP) is 1.24. The minimum atomic E-state index is -1.68. The maximum atomic E-state index is 12.3. The number of Topliss-reactive ketones (excluding diaryl/α,β-unsaturated/α-hetero) is 1. The van der Waals surface area contributed by atoms with E-state index in [1.54, 1.807) is 6.07 Å². The van der Waals surface area contributed by atoms with Gasteiger partial charge in [0.25, 0.3) is 6.10 Å². The second kappa shape index (κ2) is 10.1. The molecule has 0 saturated heterocycles. The number of carboxylic acids is 1. The zero-order valence-corrected chi connectivity index (χ0v) is 16.0. The van der Waals surface area contributed by atoms with Gasteiger partial charge in [-0.3, -0.25) is 9.59 Å². The van der Waals surface area contributed by atoms with Crippen LogP contribution in [-0.2, 0) is 20.8 Å². The molecule has 0 aliphatic heterocycles. The van der Waals surface area contributed by atoms with E-state index in [1.807, 2.05) is 0 Å². The third-order valence-electron chi connectivity index (χ3n) is 5.13. The molecule has 1 aromatic rings. The number of nitrogens with one attached hydrogen (secondary N) is 1. The van der Waals surface area contributed by atoms with Crippen molar-refractivity contribution in [3.8, 4) is 11.5 Å². The van der Waals surface area contributed by atoms with Crippen LogP contribution in [0.2, 0.25) is 0 Å². The fraction of sp³-hybridized carbons (Fsp3) is 0.550. The van der Waals surface area contributed by atoms with E-state index in [0.29, 0.717) is 25.4 Å². The van der Waals surface area contributed by atoms with Gasteiger partial charge in [-0.1, -0.05) is 6.07 Å². The van der Waals surface area contributed by atoms with E-state index in [9.17, 15) is 19.5 Å². The van der Waals surface area contributed by atoms with Crippen LogP contribution in [0.15, 0.2) is 18.2 Å². The van der Waals surface area contributed by atoms with Crippen LogP contribution in [0, 0.1) is 11.8 Å². The monoisotopic (exact) mass is 392 g/mol. The van der Waals surface area contributed by atoms with Gasteiger partial charge >= 0.3 is 5.97 Å². The van der Waals surface area contributed by atoms with Crippen molar-refractivity contribution >= 4 is 17.7 Å². The number of aromatic hydroxyl groups is 1. The summed E-state index contributed by atoms with van der Waals surface area (Å²) >= 11 is 0. The number of carbonyl (C=O) groups excluding carboxylic acids is 2. The van der Waals surface area contributed by atoms with E-state index < -0.39 is 17.9 Å². The van der Waals surface area contributed by atoms with Crippen molar-refractivity contribution in [3.05, 3.63) is 23.8 Å². The molecule has 0 bridgehead atoms. The molecule has 1 aliphatic carbocycles. The highest BCUT2D eigenvalue weighted by atomic mass is 16.5. The van der Waals surface area contributed by atoms with Crippen molar-refractivity contribution < 1.29 is 29.3 Å². The zero-order valence-electron chi connectivity index (χ0n) is 16.0. The molecule has 1 aromatic carbocycles. The van der Waals surface area contributed by atoms with Gasteiger partial charge in [0, 0.05) is 12.5 Å². The van der Waals surface area contributed by atoms with Crippen LogP contribution in [-0.4, -0.2) is 47.1 Å². The summed E-state index contributed by atoms with van der Waals surface area (Å²) < 4.78 is 5.16. The Balaban J connectivity index is 1.88. The molecule has 8 heteroatoms. The molecule has 0 heterocycles. The van der Waals surface area contributed by atoms with Gasteiger partial charge in [0.05, 0.1) is 0 Å². The standard InChI is InChI=1S/C20H28N2O6/c1-12(23)18(20(26)27)28-17-10-13(4-7-16(17)24)8-9-22-19(25)15-5-2-14(11-21)3-6-15/h4,7,10,14-15,18,24H,2-3,5-6,8-9,11,21H2,1H3,(H,22,25)(H,26,27). The van der Waals surface area contributed by atoms with Crippen molar-refractivity contribution in [2.24, 2.45) is 17.6 Å². The molecule has 1 atom stereocenters. The normalized spacial score (nSPS) is 20.2. The van der Waals surface area contributed by atoms with Crippen LogP contribution in [0.3, 0.4) is 0 Å². The molecule has 1 unspecified atom stereocenters. The molecule has 154 valence electrons. The Morgan fingerprint density at radius 2 is 1.93 bits per heavy atom. The minimum Gasteiger partial charge on any atom is -0.504 e. The number of benzene rings is 1. The molecule has 5 N–H and O–H groups in total. The van der Waals surface area contributed by atoms with E-state index in [1.165, 1.54) is 12.1 Å². The zero-order chi connectivity index (χ0) is 20.7. The van der Waals surface area contributed by atoms with Gasteiger partial charge in [0.15, 0.2) is 17.3 Å². The fourth-order valence-electron chi connectivity index (χ4n) is 3.38. The topological polar surface area (TPSA) is 139 Å². The fourth-order valence-corrected chi connectivity index (χ4v) is 3.38. The van der Waals surface area contributed by atoms with E-state index in [4.69, 9.17) is 15.6 Å². The summed E-state index contributed by atoms with van der Waals surface area (Å²) in [4.78, 5) is 34.8. The number of phenols is 1. The third-order valence-corrected chi connectivity index (χ3v) is 5.13. The van der Waals surface area contributed by atoms with Gasteiger partial charge in [0.1, 0.15) is 0 Å².